The Kier molecular flexibility index (Phi) is 5.54. The summed E-state index contributed by atoms with van der Waals surface area (Å²) < 4.78 is 5.47. The van der Waals surface area contributed by atoms with Crippen molar-refractivity contribution in [1.82, 2.24) is 29.1 Å². The summed E-state index contributed by atoms with van der Waals surface area (Å²) in [6.07, 6.45) is 6.33. The smallest absolute Gasteiger partial charge is 0.260 e. The number of fused-ring (bicyclic) bond motifs is 2. The SMILES string of the molecule is Cc1cc(C(C)Nc2ccc(Cl)nc2-c2cnn(CCO)c2)c2c(c1)c(=O)n1c3c2cnn3CCC1. The van der Waals surface area contributed by atoms with Crippen molar-refractivity contribution >= 4 is 39.1 Å². The lowest BCUT2D eigenvalue weighted by Gasteiger charge is -2.22. The monoisotopic (exact) mass is 503 g/mol. The average molecular weight is 504 g/mol. The van der Waals surface area contributed by atoms with Crippen LogP contribution in [0.5, 0.6) is 0 Å². The van der Waals surface area contributed by atoms with Crippen molar-refractivity contribution in [2.75, 3.05) is 11.9 Å². The fourth-order valence-electron chi connectivity index (χ4n) is 5.25. The highest BCUT2D eigenvalue weighted by Gasteiger charge is 2.23. The number of benzene rings is 1. The summed E-state index contributed by atoms with van der Waals surface area (Å²) in [4.78, 5) is 18.1. The molecule has 0 aliphatic carbocycles. The molecule has 0 spiro atoms. The van der Waals surface area contributed by atoms with Crippen LogP contribution in [0.1, 0.15) is 30.5 Å². The van der Waals surface area contributed by atoms with Gasteiger partial charge < -0.3 is 10.4 Å². The van der Waals surface area contributed by atoms with E-state index in [0.717, 1.165) is 51.8 Å². The van der Waals surface area contributed by atoms with E-state index in [0.29, 0.717) is 29.3 Å². The Morgan fingerprint density at radius 3 is 2.86 bits per heavy atom. The average Bonchev–Trinajstić information content (AvgIpc) is 3.51. The Hall–Kier alpha value is -3.69. The summed E-state index contributed by atoms with van der Waals surface area (Å²) in [5.41, 5.74) is 5.23. The number of nitrogens with one attached hydrogen (secondary N) is 1. The van der Waals surface area contributed by atoms with Crippen LogP contribution >= 0.6 is 11.6 Å². The molecule has 0 saturated carbocycles. The van der Waals surface area contributed by atoms with Crippen LogP contribution in [0.15, 0.2) is 47.7 Å². The second-order valence-electron chi connectivity index (χ2n) is 9.30. The van der Waals surface area contributed by atoms with Crippen LogP contribution in [0.4, 0.5) is 5.69 Å². The van der Waals surface area contributed by atoms with Gasteiger partial charge >= 0.3 is 0 Å². The summed E-state index contributed by atoms with van der Waals surface area (Å²) in [7, 11) is 0. The molecule has 9 nitrogen and oxygen atoms in total. The van der Waals surface area contributed by atoms with Crippen LogP contribution in [-0.2, 0) is 19.6 Å². The number of nitrogens with zero attached hydrogens (tertiary/aromatic N) is 6. The lowest BCUT2D eigenvalue weighted by atomic mass is 9.95. The van der Waals surface area contributed by atoms with Crippen molar-refractivity contribution in [3.8, 4) is 11.3 Å². The summed E-state index contributed by atoms with van der Waals surface area (Å²) >= 11 is 6.25. The molecule has 0 amide bonds. The maximum atomic E-state index is 13.5. The number of aryl methyl sites for hydroxylation is 3. The molecule has 1 unspecified atom stereocenters. The van der Waals surface area contributed by atoms with Crippen molar-refractivity contribution in [3.05, 3.63) is 69.5 Å². The third-order valence-corrected chi connectivity index (χ3v) is 7.02. The van der Waals surface area contributed by atoms with Crippen molar-refractivity contribution < 1.29 is 5.11 Å². The first-order valence-corrected chi connectivity index (χ1v) is 12.4. The standard InChI is InChI=1S/C26H26ClN7O2/c1-15-10-18(23-19(11-15)26(36)33-6-3-7-34-25(33)20(23)13-29-34)16(2)30-21-4-5-22(27)31-24(21)17-12-28-32(14-17)8-9-35/h4-5,10-14,16,30,35H,3,6-9H2,1-2H3. The van der Waals surface area contributed by atoms with Crippen LogP contribution in [0.3, 0.4) is 0 Å². The predicted molar refractivity (Wildman–Crippen MR) is 140 cm³/mol. The van der Waals surface area contributed by atoms with Gasteiger partial charge in [0.1, 0.15) is 10.8 Å². The third-order valence-electron chi connectivity index (χ3n) is 6.81. The minimum Gasteiger partial charge on any atom is -0.394 e. The van der Waals surface area contributed by atoms with Gasteiger partial charge in [0.2, 0.25) is 0 Å². The van der Waals surface area contributed by atoms with E-state index >= 15 is 0 Å². The van der Waals surface area contributed by atoms with E-state index < -0.39 is 0 Å². The minimum absolute atomic E-state index is 0.000571. The van der Waals surface area contributed by atoms with Crippen molar-refractivity contribution in [2.45, 2.75) is 45.9 Å². The quantitative estimate of drug-likeness (QED) is 0.338. The highest BCUT2D eigenvalue weighted by atomic mass is 35.5. The predicted octanol–water partition coefficient (Wildman–Crippen LogP) is 4.14. The number of aliphatic hydroxyl groups excluding tert-OH is 1. The van der Waals surface area contributed by atoms with Gasteiger partial charge in [-0.05, 0) is 49.6 Å². The molecule has 1 aliphatic rings. The third kappa shape index (κ3) is 3.66. The van der Waals surface area contributed by atoms with E-state index in [9.17, 15) is 9.90 Å². The zero-order valence-electron chi connectivity index (χ0n) is 20.1. The number of aliphatic hydroxyl groups is 1. The van der Waals surface area contributed by atoms with Crippen LogP contribution in [0.2, 0.25) is 5.15 Å². The molecule has 2 N–H and O–H groups in total. The molecule has 1 atom stereocenters. The van der Waals surface area contributed by atoms with E-state index in [-0.39, 0.29) is 18.2 Å². The van der Waals surface area contributed by atoms with Crippen LogP contribution in [0.25, 0.3) is 33.1 Å². The molecule has 0 radical (unpaired) electrons. The van der Waals surface area contributed by atoms with Gasteiger partial charge in [0.15, 0.2) is 0 Å². The lowest BCUT2D eigenvalue weighted by molar-refractivity contribution is 0.269. The zero-order chi connectivity index (χ0) is 25.0. The van der Waals surface area contributed by atoms with Crippen LogP contribution in [0, 0.1) is 6.92 Å². The van der Waals surface area contributed by atoms with Crippen LogP contribution in [-0.4, -0.2) is 40.8 Å². The number of aromatic nitrogens is 6. The number of pyridine rings is 2. The van der Waals surface area contributed by atoms with Crippen molar-refractivity contribution in [2.24, 2.45) is 0 Å². The lowest BCUT2D eigenvalue weighted by Crippen LogP contribution is -2.27. The molecule has 1 aromatic carbocycles. The topological polar surface area (TPSA) is 103 Å². The number of hydrogen-bond acceptors (Lipinski definition) is 6. The Balaban J connectivity index is 1.48. The molecular weight excluding hydrogens is 478 g/mol. The Morgan fingerprint density at radius 2 is 2.03 bits per heavy atom. The van der Waals surface area contributed by atoms with Gasteiger partial charge in [-0.1, -0.05) is 17.7 Å². The molecule has 184 valence electrons. The Labute approximate surface area is 211 Å². The molecule has 1 aliphatic heterocycles. The van der Waals surface area contributed by atoms with Gasteiger partial charge in [-0.15, -0.1) is 0 Å². The molecular formula is C26H26ClN7O2. The van der Waals surface area contributed by atoms with Gasteiger partial charge in [-0.2, -0.15) is 10.2 Å². The minimum atomic E-state index is -0.147. The summed E-state index contributed by atoms with van der Waals surface area (Å²) in [5.74, 6) is 0. The van der Waals surface area contributed by atoms with Crippen molar-refractivity contribution in [3.63, 3.8) is 0 Å². The van der Waals surface area contributed by atoms with Crippen molar-refractivity contribution in [1.29, 1.82) is 0 Å². The molecule has 4 aromatic heterocycles. The molecule has 5 heterocycles. The summed E-state index contributed by atoms with van der Waals surface area (Å²) in [6, 6.07) is 7.62. The highest BCUT2D eigenvalue weighted by molar-refractivity contribution is 6.29. The van der Waals surface area contributed by atoms with Gasteiger partial charge in [-0.25, -0.2) is 9.67 Å². The molecule has 0 bridgehead atoms. The highest BCUT2D eigenvalue weighted by Crippen LogP contribution is 2.35. The Bertz CT molecular complexity index is 1680. The second kappa shape index (κ2) is 8.76. The number of halogens is 1. The van der Waals surface area contributed by atoms with Crippen LogP contribution < -0.4 is 10.9 Å². The number of rotatable bonds is 6. The fourth-order valence-corrected chi connectivity index (χ4v) is 5.40. The van der Waals surface area contributed by atoms with E-state index in [1.165, 1.54) is 0 Å². The van der Waals surface area contributed by atoms with E-state index in [1.807, 2.05) is 40.7 Å². The molecule has 10 heteroatoms. The first-order valence-electron chi connectivity index (χ1n) is 12.0. The Morgan fingerprint density at radius 1 is 1.17 bits per heavy atom. The summed E-state index contributed by atoms with van der Waals surface area (Å²) in [6.45, 7) is 6.01. The molecule has 36 heavy (non-hydrogen) atoms. The maximum Gasteiger partial charge on any atom is 0.260 e. The molecule has 5 aromatic rings. The van der Waals surface area contributed by atoms with Gasteiger partial charge in [0.25, 0.3) is 5.56 Å². The second-order valence-corrected chi connectivity index (χ2v) is 9.69. The van der Waals surface area contributed by atoms with Gasteiger partial charge in [0.05, 0.1) is 36.9 Å². The molecule has 0 fully saturated rings. The van der Waals surface area contributed by atoms with Gasteiger partial charge in [0, 0.05) is 47.1 Å². The van der Waals surface area contributed by atoms with E-state index in [2.05, 4.69) is 33.5 Å². The number of hydrogen-bond donors (Lipinski definition) is 2. The first kappa shape index (κ1) is 22.8. The zero-order valence-corrected chi connectivity index (χ0v) is 20.8. The molecule has 6 rings (SSSR count). The normalized spacial score (nSPS) is 14.0. The van der Waals surface area contributed by atoms with E-state index in [4.69, 9.17) is 11.6 Å². The van der Waals surface area contributed by atoms with Gasteiger partial charge in [-0.3, -0.25) is 14.0 Å². The first-order chi connectivity index (χ1) is 17.4. The fraction of sp³-hybridized carbons (Fsp3) is 0.308. The summed E-state index contributed by atoms with van der Waals surface area (Å²) in [5, 5.41) is 24.8. The number of anilines is 1. The maximum absolute atomic E-state index is 13.5. The molecule has 0 saturated heterocycles. The van der Waals surface area contributed by atoms with E-state index in [1.54, 1.807) is 16.9 Å². The largest absolute Gasteiger partial charge is 0.394 e.